The zero-order valence-electron chi connectivity index (χ0n) is 12.5. The number of rotatable bonds is 3. The molecule has 0 N–H and O–H groups in total. The standard InChI is InChI=1S/C17H15BrO4/c1-9-4-5-11-12(6-9)15(22-17(11)19)10-7-13(18)16(21-3)14(8-10)20-2/h4-8,15H,1-3H3. The van der Waals surface area contributed by atoms with Gasteiger partial charge in [-0.05, 0) is 41.1 Å². The van der Waals surface area contributed by atoms with Crippen molar-refractivity contribution in [1.82, 2.24) is 0 Å². The largest absolute Gasteiger partial charge is 0.493 e. The number of benzene rings is 2. The fraction of sp³-hybridized carbons (Fsp3) is 0.235. The summed E-state index contributed by atoms with van der Waals surface area (Å²) in [5.41, 5.74) is 3.41. The highest BCUT2D eigenvalue weighted by Crippen LogP contribution is 2.42. The molecular weight excluding hydrogens is 348 g/mol. The monoisotopic (exact) mass is 362 g/mol. The maximum absolute atomic E-state index is 12.0. The Labute approximate surface area is 137 Å². The van der Waals surface area contributed by atoms with E-state index < -0.39 is 6.10 Å². The molecule has 1 aliphatic rings. The molecule has 5 heteroatoms. The number of cyclic esters (lactones) is 1. The number of hydrogen-bond acceptors (Lipinski definition) is 4. The van der Waals surface area contributed by atoms with E-state index in [4.69, 9.17) is 14.2 Å². The van der Waals surface area contributed by atoms with Crippen LogP contribution in [0.2, 0.25) is 0 Å². The number of esters is 1. The number of hydrogen-bond donors (Lipinski definition) is 0. The molecule has 0 saturated carbocycles. The second kappa shape index (κ2) is 5.65. The number of halogens is 1. The van der Waals surface area contributed by atoms with E-state index in [-0.39, 0.29) is 5.97 Å². The van der Waals surface area contributed by atoms with Gasteiger partial charge in [-0.3, -0.25) is 0 Å². The van der Waals surface area contributed by atoms with Crippen LogP contribution in [0.15, 0.2) is 34.8 Å². The molecule has 4 nitrogen and oxygen atoms in total. The van der Waals surface area contributed by atoms with Crippen molar-refractivity contribution in [3.05, 3.63) is 57.1 Å². The number of methoxy groups -OCH3 is 2. The van der Waals surface area contributed by atoms with Crippen molar-refractivity contribution in [1.29, 1.82) is 0 Å². The van der Waals surface area contributed by atoms with Crippen molar-refractivity contribution in [3.8, 4) is 11.5 Å². The smallest absolute Gasteiger partial charge is 0.339 e. The zero-order chi connectivity index (χ0) is 15.9. The fourth-order valence-electron chi connectivity index (χ4n) is 2.66. The number of aryl methyl sites for hydroxylation is 1. The van der Waals surface area contributed by atoms with Crippen molar-refractivity contribution in [2.75, 3.05) is 14.2 Å². The molecule has 1 unspecified atom stereocenters. The van der Waals surface area contributed by atoms with E-state index in [1.807, 2.05) is 37.3 Å². The topological polar surface area (TPSA) is 44.8 Å². The molecule has 3 rings (SSSR count). The Bertz CT molecular complexity index is 755. The Morgan fingerprint density at radius 2 is 1.91 bits per heavy atom. The molecule has 0 bridgehead atoms. The molecular formula is C17H15BrO4. The van der Waals surface area contributed by atoms with E-state index in [2.05, 4.69) is 15.9 Å². The van der Waals surface area contributed by atoms with Gasteiger partial charge in [0.2, 0.25) is 0 Å². The molecule has 0 fully saturated rings. The first-order valence-electron chi connectivity index (χ1n) is 6.78. The highest BCUT2D eigenvalue weighted by atomic mass is 79.9. The molecule has 0 aromatic heterocycles. The molecule has 1 atom stereocenters. The van der Waals surface area contributed by atoms with Gasteiger partial charge >= 0.3 is 5.97 Å². The molecule has 0 radical (unpaired) electrons. The van der Waals surface area contributed by atoms with Crippen LogP contribution >= 0.6 is 15.9 Å². The SMILES string of the molecule is COc1cc(C2OC(=O)c3ccc(C)cc32)cc(Br)c1OC. The molecule has 22 heavy (non-hydrogen) atoms. The van der Waals surface area contributed by atoms with Gasteiger partial charge in [-0.1, -0.05) is 17.7 Å². The van der Waals surface area contributed by atoms with Crippen LogP contribution in [-0.2, 0) is 4.74 Å². The summed E-state index contributed by atoms with van der Waals surface area (Å²) in [7, 11) is 3.16. The van der Waals surface area contributed by atoms with Crippen molar-refractivity contribution < 1.29 is 19.0 Å². The van der Waals surface area contributed by atoms with Crippen molar-refractivity contribution in [3.63, 3.8) is 0 Å². The summed E-state index contributed by atoms with van der Waals surface area (Å²) < 4.78 is 17.0. The third-order valence-corrected chi connectivity index (χ3v) is 4.28. The van der Waals surface area contributed by atoms with E-state index in [9.17, 15) is 4.79 Å². The van der Waals surface area contributed by atoms with Gasteiger partial charge in [-0.15, -0.1) is 0 Å². The highest BCUT2D eigenvalue weighted by molar-refractivity contribution is 9.10. The molecule has 0 saturated heterocycles. The Morgan fingerprint density at radius 1 is 1.14 bits per heavy atom. The molecule has 1 heterocycles. The lowest BCUT2D eigenvalue weighted by atomic mass is 9.97. The summed E-state index contributed by atoms with van der Waals surface area (Å²) >= 11 is 3.47. The van der Waals surface area contributed by atoms with Crippen LogP contribution in [0.3, 0.4) is 0 Å². The van der Waals surface area contributed by atoms with Crippen molar-refractivity contribution >= 4 is 21.9 Å². The van der Waals surface area contributed by atoms with Crippen LogP contribution < -0.4 is 9.47 Å². The Kier molecular flexibility index (Phi) is 3.83. The minimum Gasteiger partial charge on any atom is -0.493 e. The maximum Gasteiger partial charge on any atom is 0.339 e. The minimum absolute atomic E-state index is 0.300. The van der Waals surface area contributed by atoms with Crippen molar-refractivity contribution in [2.45, 2.75) is 13.0 Å². The van der Waals surface area contributed by atoms with Gasteiger partial charge in [0.1, 0.15) is 0 Å². The van der Waals surface area contributed by atoms with Gasteiger partial charge in [0.05, 0.1) is 24.3 Å². The van der Waals surface area contributed by atoms with Crippen LogP contribution in [0, 0.1) is 6.92 Å². The van der Waals surface area contributed by atoms with Crippen LogP contribution in [0.25, 0.3) is 0 Å². The Balaban J connectivity index is 2.12. The summed E-state index contributed by atoms with van der Waals surface area (Å²) in [4.78, 5) is 12.0. The first-order valence-corrected chi connectivity index (χ1v) is 7.57. The lowest BCUT2D eigenvalue weighted by Gasteiger charge is -2.16. The first-order chi connectivity index (χ1) is 10.5. The molecule has 114 valence electrons. The van der Waals surface area contributed by atoms with Crippen LogP contribution in [0.1, 0.15) is 33.2 Å². The molecule has 0 amide bonds. The van der Waals surface area contributed by atoms with Crippen LogP contribution in [0.5, 0.6) is 11.5 Å². The molecule has 2 aromatic carbocycles. The zero-order valence-corrected chi connectivity index (χ0v) is 14.1. The van der Waals surface area contributed by atoms with Crippen LogP contribution in [-0.4, -0.2) is 20.2 Å². The predicted molar refractivity (Wildman–Crippen MR) is 85.7 cm³/mol. The maximum atomic E-state index is 12.0. The van der Waals surface area contributed by atoms with E-state index in [0.717, 1.165) is 21.2 Å². The molecule has 0 aliphatic carbocycles. The van der Waals surface area contributed by atoms with Crippen molar-refractivity contribution in [2.24, 2.45) is 0 Å². The van der Waals surface area contributed by atoms with E-state index in [1.165, 1.54) is 0 Å². The fourth-order valence-corrected chi connectivity index (χ4v) is 3.28. The van der Waals surface area contributed by atoms with Crippen LogP contribution in [0.4, 0.5) is 0 Å². The molecule has 0 spiro atoms. The van der Waals surface area contributed by atoms with Gasteiger partial charge in [-0.2, -0.15) is 0 Å². The minimum atomic E-state index is -0.432. The third-order valence-electron chi connectivity index (χ3n) is 3.69. The average molecular weight is 363 g/mol. The number of fused-ring (bicyclic) bond motifs is 1. The van der Waals surface area contributed by atoms with Gasteiger partial charge in [0, 0.05) is 11.1 Å². The molecule has 2 aromatic rings. The van der Waals surface area contributed by atoms with Gasteiger partial charge in [0.25, 0.3) is 0 Å². The van der Waals surface area contributed by atoms with E-state index >= 15 is 0 Å². The van der Waals surface area contributed by atoms with E-state index in [0.29, 0.717) is 17.1 Å². The third kappa shape index (κ3) is 2.35. The van der Waals surface area contributed by atoms with Gasteiger partial charge in [-0.25, -0.2) is 4.79 Å². The summed E-state index contributed by atoms with van der Waals surface area (Å²) in [5, 5.41) is 0. The number of carbonyl (C=O) groups is 1. The van der Waals surface area contributed by atoms with Gasteiger partial charge in [0.15, 0.2) is 17.6 Å². The first kappa shape index (κ1) is 14.9. The average Bonchev–Trinajstić information content (AvgIpc) is 2.82. The normalized spacial score (nSPS) is 16.2. The van der Waals surface area contributed by atoms with Gasteiger partial charge < -0.3 is 14.2 Å². The lowest BCUT2D eigenvalue weighted by molar-refractivity contribution is 0.0455. The second-order valence-corrected chi connectivity index (χ2v) is 5.97. The second-order valence-electron chi connectivity index (χ2n) is 5.11. The summed E-state index contributed by atoms with van der Waals surface area (Å²) in [5.74, 6) is 0.898. The highest BCUT2D eigenvalue weighted by Gasteiger charge is 2.33. The lowest BCUT2D eigenvalue weighted by Crippen LogP contribution is -2.02. The Morgan fingerprint density at radius 3 is 2.59 bits per heavy atom. The number of carbonyl (C=O) groups excluding carboxylic acids is 1. The summed E-state index contributed by atoms with van der Waals surface area (Å²) in [6, 6.07) is 9.42. The van der Waals surface area contributed by atoms with E-state index in [1.54, 1.807) is 14.2 Å². The summed E-state index contributed by atoms with van der Waals surface area (Å²) in [6.07, 6.45) is -0.432. The Hall–Kier alpha value is -2.01. The quantitative estimate of drug-likeness (QED) is 0.773. The predicted octanol–water partition coefficient (Wildman–Crippen LogP) is 4.03. The number of ether oxygens (including phenoxy) is 3. The summed E-state index contributed by atoms with van der Waals surface area (Å²) in [6.45, 7) is 1.99. The molecule has 1 aliphatic heterocycles.